The summed E-state index contributed by atoms with van der Waals surface area (Å²) < 4.78 is 36.3. The number of hydrogen-bond acceptors (Lipinski definition) is 3. The van der Waals surface area contributed by atoms with Gasteiger partial charge in [0, 0.05) is 17.4 Å². The highest BCUT2D eigenvalue weighted by molar-refractivity contribution is 5.28. The third-order valence-electron chi connectivity index (χ3n) is 1.90. The Morgan fingerprint density at radius 1 is 1.25 bits per heavy atom. The summed E-state index contributed by atoms with van der Waals surface area (Å²) in [6, 6.07) is 1.03. The Morgan fingerprint density at radius 3 is 2.19 bits per heavy atom. The number of anilines is 1. The molecule has 6 heteroatoms. The smallest absolute Gasteiger partial charge is 0.351 e. The van der Waals surface area contributed by atoms with Crippen molar-refractivity contribution >= 4 is 5.95 Å². The molecule has 0 bridgehead atoms. The van der Waals surface area contributed by atoms with Crippen LogP contribution in [0.25, 0.3) is 0 Å². The van der Waals surface area contributed by atoms with Gasteiger partial charge in [-0.05, 0) is 26.8 Å². The maximum Gasteiger partial charge on any atom is 0.391 e. The average molecular weight is 233 g/mol. The van der Waals surface area contributed by atoms with Crippen molar-refractivity contribution in [1.82, 2.24) is 9.97 Å². The van der Waals surface area contributed by atoms with Crippen LogP contribution in [-0.4, -0.2) is 22.2 Å². The van der Waals surface area contributed by atoms with Gasteiger partial charge in [0.25, 0.3) is 0 Å². The monoisotopic (exact) mass is 233 g/mol. The quantitative estimate of drug-likeness (QED) is 0.872. The molecule has 1 aromatic rings. The summed E-state index contributed by atoms with van der Waals surface area (Å²) in [6.45, 7) is 5.00. The first-order valence-corrected chi connectivity index (χ1v) is 4.92. The molecule has 0 saturated carbocycles. The Labute approximate surface area is 92.1 Å². The molecular weight excluding hydrogens is 219 g/mol. The van der Waals surface area contributed by atoms with Crippen molar-refractivity contribution in [2.75, 3.05) is 5.32 Å². The van der Waals surface area contributed by atoms with Crippen LogP contribution in [-0.2, 0) is 0 Å². The van der Waals surface area contributed by atoms with Crippen LogP contribution in [0.5, 0.6) is 0 Å². The van der Waals surface area contributed by atoms with Crippen LogP contribution in [0.15, 0.2) is 6.07 Å². The second kappa shape index (κ2) is 4.67. The van der Waals surface area contributed by atoms with E-state index in [4.69, 9.17) is 0 Å². The molecule has 0 aliphatic carbocycles. The van der Waals surface area contributed by atoms with Crippen molar-refractivity contribution in [3.8, 4) is 0 Å². The lowest BCUT2D eigenvalue weighted by atomic mass is 10.2. The molecule has 0 amide bonds. The Balaban J connectivity index is 2.66. The van der Waals surface area contributed by atoms with Gasteiger partial charge >= 0.3 is 6.18 Å². The van der Waals surface area contributed by atoms with Gasteiger partial charge in [-0.1, -0.05) is 0 Å². The molecule has 1 atom stereocenters. The van der Waals surface area contributed by atoms with E-state index in [2.05, 4.69) is 15.3 Å². The van der Waals surface area contributed by atoms with Crippen LogP contribution in [0.4, 0.5) is 19.1 Å². The van der Waals surface area contributed by atoms with E-state index in [1.165, 1.54) is 6.92 Å². The van der Waals surface area contributed by atoms with Crippen molar-refractivity contribution < 1.29 is 13.2 Å². The largest absolute Gasteiger partial charge is 0.391 e. The Kier molecular flexibility index (Phi) is 3.72. The minimum Gasteiger partial charge on any atom is -0.351 e. The van der Waals surface area contributed by atoms with E-state index in [0.29, 0.717) is 0 Å². The number of alkyl halides is 3. The summed E-state index contributed by atoms with van der Waals surface area (Å²) in [7, 11) is 0. The van der Waals surface area contributed by atoms with Crippen LogP contribution in [0.2, 0.25) is 0 Å². The summed E-state index contributed by atoms with van der Waals surface area (Å²) in [5.74, 6) is 0.245. The second-order valence-electron chi connectivity index (χ2n) is 3.84. The Morgan fingerprint density at radius 2 is 1.75 bits per heavy atom. The maximum atomic E-state index is 12.1. The second-order valence-corrected chi connectivity index (χ2v) is 3.84. The molecule has 0 aliphatic heterocycles. The van der Waals surface area contributed by atoms with E-state index in [1.807, 2.05) is 0 Å². The SMILES string of the molecule is Cc1cc(C)nc(NC(C)CC(F)(F)F)n1. The summed E-state index contributed by atoms with van der Waals surface area (Å²) in [6.07, 6.45) is -5.07. The predicted octanol–water partition coefficient (Wildman–Crippen LogP) is 2.85. The minimum atomic E-state index is -4.18. The van der Waals surface area contributed by atoms with E-state index in [-0.39, 0.29) is 5.95 Å². The summed E-state index contributed by atoms with van der Waals surface area (Å²) in [4.78, 5) is 8.03. The van der Waals surface area contributed by atoms with Crippen LogP contribution >= 0.6 is 0 Å². The van der Waals surface area contributed by atoms with Gasteiger partial charge in [0.2, 0.25) is 5.95 Å². The fraction of sp³-hybridized carbons (Fsp3) is 0.600. The molecule has 1 aromatic heterocycles. The van der Waals surface area contributed by atoms with E-state index in [0.717, 1.165) is 11.4 Å². The standard InChI is InChI=1S/C10H14F3N3/c1-6-4-7(2)15-9(14-6)16-8(3)5-10(11,12)13/h4,8H,5H2,1-3H3,(H,14,15,16). The van der Waals surface area contributed by atoms with Gasteiger partial charge in [-0.3, -0.25) is 0 Å². The lowest BCUT2D eigenvalue weighted by molar-refractivity contribution is -0.136. The number of aromatic nitrogens is 2. The van der Waals surface area contributed by atoms with Crippen LogP contribution in [0, 0.1) is 13.8 Å². The number of nitrogens with one attached hydrogen (secondary N) is 1. The predicted molar refractivity (Wildman–Crippen MR) is 55.3 cm³/mol. The van der Waals surface area contributed by atoms with Crippen LogP contribution < -0.4 is 5.32 Å². The zero-order chi connectivity index (χ0) is 12.3. The summed E-state index contributed by atoms with van der Waals surface area (Å²) in [5, 5.41) is 2.64. The highest BCUT2D eigenvalue weighted by atomic mass is 19.4. The lowest BCUT2D eigenvalue weighted by Gasteiger charge is -2.16. The van der Waals surface area contributed by atoms with Crippen molar-refractivity contribution in [2.24, 2.45) is 0 Å². The van der Waals surface area contributed by atoms with E-state index < -0.39 is 18.6 Å². The minimum absolute atomic E-state index is 0.245. The zero-order valence-electron chi connectivity index (χ0n) is 9.39. The third kappa shape index (κ3) is 4.46. The van der Waals surface area contributed by atoms with Gasteiger partial charge in [-0.25, -0.2) is 9.97 Å². The number of rotatable bonds is 3. The molecule has 0 aliphatic rings. The highest BCUT2D eigenvalue weighted by Crippen LogP contribution is 2.22. The Hall–Kier alpha value is -1.33. The first-order chi connectivity index (χ1) is 7.26. The molecule has 0 radical (unpaired) electrons. The molecular formula is C10H14F3N3. The number of hydrogen-bond donors (Lipinski definition) is 1. The lowest BCUT2D eigenvalue weighted by Crippen LogP contribution is -2.25. The van der Waals surface area contributed by atoms with Crippen LogP contribution in [0.1, 0.15) is 24.7 Å². The van der Waals surface area contributed by atoms with E-state index >= 15 is 0 Å². The first kappa shape index (κ1) is 12.7. The fourth-order valence-electron chi connectivity index (χ4n) is 1.41. The van der Waals surface area contributed by atoms with Gasteiger partial charge in [0.15, 0.2) is 0 Å². The summed E-state index contributed by atoms with van der Waals surface area (Å²) in [5.41, 5.74) is 1.46. The fourth-order valence-corrected chi connectivity index (χ4v) is 1.41. The molecule has 0 fully saturated rings. The van der Waals surface area contributed by atoms with E-state index in [9.17, 15) is 13.2 Å². The van der Waals surface area contributed by atoms with Crippen LogP contribution in [0.3, 0.4) is 0 Å². The zero-order valence-corrected chi connectivity index (χ0v) is 9.39. The summed E-state index contributed by atoms with van der Waals surface area (Å²) >= 11 is 0. The Bertz CT molecular complexity index is 343. The maximum absolute atomic E-state index is 12.1. The normalized spacial score (nSPS) is 13.6. The molecule has 0 spiro atoms. The van der Waals surface area contributed by atoms with Crippen molar-refractivity contribution in [2.45, 2.75) is 39.4 Å². The molecule has 3 nitrogen and oxygen atoms in total. The van der Waals surface area contributed by atoms with E-state index in [1.54, 1.807) is 19.9 Å². The van der Waals surface area contributed by atoms with Crippen molar-refractivity contribution in [3.63, 3.8) is 0 Å². The number of halogens is 3. The van der Waals surface area contributed by atoms with Gasteiger partial charge in [-0.15, -0.1) is 0 Å². The number of nitrogens with zero attached hydrogens (tertiary/aromatic N) is 2. The molecule has 0 saturated heterocycles. The third-order valence-corrected chi connectivity index (χ3v) is 1.90. The molecule has 90 valence electrons. The van der Waals surface area contributed by atoms with Gasteiger partial charge in [-0.2, -0.15) is 13.2 Å². The molecule has 1 rings (SSSR count). The number of aryl methyl sites for hydroxylation is 2. The van der Waals surface area contributed by atoms with Gasteiger partial charge < -0.3 is 5.32 Å². The molecule has 16 heavy (non-hydrogen) atoms. The van der Waals surface area contributed by atoms with Crippen molar-refractivity contribution in [1.29, 1.82) is 0 Å². The highest BCUT2D eigenvalue weighted by Gasteiger charge is 2.30. The molecule has 1 unspecified atom stereocenters. The molecule has 0 aromatic carbocycles. The van der Waals surface area contributed by atoms with Crippen molar-refractivity contribution in [3.05, 3.63) is 17.5 Å². The van der Waals surface area contributed by atoms with Gasteiger partial charge in [0.05, 0.1) is 6.42 Å². The first-order valence-electron chi connectivity index (χ1n) is 4.92. The molecule has 1 N–H and O–H groups in total. The average Bonchev–Trinajstić information content (AvgIpc) is 1.96. The topological polar surface area (TPSA) is 37.8 Å². The molecule has 1 heterocycles. The van der Waals surface area contributed by atoms with Gasteiger partial charge in [0.1, 0.15) is 0 Å².